The first kappa shape index (κ1) is 38.4. The first-order valence-electron chi connectivity index (χ1n) is 17.9. The van der Waals surface area contributed by atoms with Crippen molar-refractivity contribution in [1.82, 2.24) is 18.7 Å². The van der Waals surface area contributed by atoms with Gasteiger partial charge in [0.25, 0.3) is 5.56 Å². The lowest BCUT2D eigenvalue weighted by Crippen LogP contribution is -2.40. The Kier molecular flexibility index (Phi) is 11.0. The number of hydrogen-bond acceptors (Lipinski definition) is 11. The van der Waals surface area contributed by atoms with Crippen LogP contribution in [0.1, 0.15) is 50.3 Å². The largest absolute Gasteiger partial charge is 0.493 e. The monoisotopic (exact) mass is 793 g/mol. The summed E-state index contributed by atoms with van der Waals surface area (Å²) in [7, 11) is -2.23. The maximum Gasteiger partial charge on any atom is 0.338 e. The molecule has 3 aromatic carbocycles. The molecule has 56 heavy (non-hydrogen) atoms. The maximum absolute atomic E-state index is 14.6. The number of ether oxygens (including phenoxy) is 3. The molecule has 1 unspecified atom stereocenters. The third-order valence-electron chi connectivity index (χ3n) is 9.46. The van der Waals surface area contributed by atoms with Crippen LogP contribution in [0.15, 0.2) is 118 Å². The average Bonchev–Trinajstić information content (AvgIpc) is 3.77. The van der Waals surface area contributed by atoms with Crippen LogP contribution in [0.2, 0.25) is 0 Å². The summed E-state index contributed by atoms with van der Waals surface area (Å²) in [6, 6.07) is 19.9. The van der Waals surface area contributed by atoms with Gasteiger partial charge in [-0.25, -0.2) is 22.9 Å². The Morgan fingerprint density at radius 3 is 2.41 bits per heavy atom. The van der Waals surface area contributed by atoms with Gasteiger partial charge in [-0.1, -0.05) is 66.8 Å². The molecule has 15 heteroatoms. The van der Waals surface area contributed by atoms with Gasteiger partial charge in [0.15, 0.2) is 16.3 Å². The molecule has 0 spiro atoms. The summed E-state index contributed by atoms with van der Waals surface area (Å²) in [5.41, 5.74) is 3.11. The van der Waals surface area contributed by atoms with Crippen LogP contribution >= 0.6 is 11.3 Å². The van der Waals surface area contributed by atoms with Crippen molar-refractivity contribution in [3.63, 3.8) is 0 Å². The molecule has 0 N–H and O–H groups in total. The lowest BCUT2D eigenvalue weighted by Gasteiger charge is -2.25. The predicted octanol–water partition coefficient (Wildman–Crippen LogP) is 4.93. The standard InChI is InChI=1S/C41H39N5O8S2/c1-5-22-53-40(49)36-26(2)42-41-46(38(36)29-16-19-33(54-27(3)47)34(23-29)52-4)39(48)35(55-41)24-30-25-45(31-12-8-6-9-13-31)43-37(30)28-14-17-32(18-15-28)56(50,51)44-20-10-7-11-21-44/h5-6,8-9,12-19,23-25,38H,1,7,10-11,20-22H2,2-4H3/b35-24-. The van der Waals surface area contributed by atoms with Gasteiger partial charge >= 0.3 is 11.9 Å². The minimum Gasteiger partial charge on any atom is -0.493 e. The molecule has 7 rings (SSSR count). The minimum absolute atomic E-state index is 0.0548. The van der Waals surface area contributed by atoms with E-state index in [1.807, 2.05) is 30.3 Å². The summed E-state index contributed by atoms with van der Waals surface area (Å²) < 4.78 is 48.1. The average molecular weight is 794 g/mol. The van der Waals surface area contributed by atoms with E-state index in [2.05, 4.69) is 6.58 Å². The van der Waals surface area contributed by atoms with Gasteiger partial charge in [-0.3, -0.25) is 14.2 Å². The normalized spacial score (nSPS) is 16.2. The Labute approximate surface area is 327 Å². The van der Waals surface area contributed by atoms with Gasteiger partial charge in [0.2, 0.25) is 10.0 Å². The number of benzene rings is 3. The van der Waals surface area contributed by atoms with Crippen molar-refractivity contribution in [2.75, 3.05) is 26.8 Å². The van der Waals surface area contributed by atoms with E-state index in [4.69, 9.17) is 24.3 Å². The zero-order valence-corrected chi connectivity index (χ0v) is 32.6. The number of carbonyl (C=O) groups is 2. The highest BCUT2D eigenvalue weighted by Crippen LogP contribution is 2.36. The predicted molar refractivity (Wildman–Crippen MR) is 211 cm³/mol. The summed E-state index contributed by atoms with van der Waals surface area (Å²) in [5.74, 6) is -0.818. The van der Waals surface area contributed by atoms with Crippen LogP contribution in [0.5, 0.6) is 11.5 Å². The Morgan fingerprint density at radius 1 is 1.00 bits per heavy atom. The van der Waals surface area contributed by atoms with Crippen molar-refractivity contribution >= 4 is 39.4 Å². The molecule has 1 saturated heterocycles. The molecule has 1 atom stereocenters. The van der Waals surface area contributed by atoms with E-state index in [1.165, 1.54) is 29.0 Å². The van der Waals surface area contributed by atoms with E-state index < -0.39 is 33.6 Å². The van der Waals surface area contributed by atoms with Crippen molar-refractivity contribution in [3.8, 4) is 28.4 Å². The second kappa shape index (κ2) is 16.1. The van der Waals surface area contributed by atoms with Crippen LogP contribution in [-0.2, 0) is 24.3 Å². The third kappa shape index (κ3) is 7.52. The van der Waals surface area contributed by atoms with E-state index in [9.17, 15) is 22.8 Å². The molecule has 0 saturated carbocycles. The number of fused-ring (bicyclic) bond motifs is 1. The molecule has 0 radical (unpaired) electrons. The van der Waals surface area contributed by atoms with Gasteiger partial charge in [-0.05, 0) is 67.8 Å². The van der Waals surface area contributed by atoms with Crippen LogP contribution in [0.4, 0.5) is 0 Å². The first-order chi connectivity index (χ1) is 27.0. The number of rotatable bonds is 11. The van der Waals surface area contributed by atoms with Crippen LogP contribution < -0.4 is 24.4 Å². The van der Waals surface area contributed by atoms with Crippen molar-refractivity contribution in [2.24, 2.45) is 4.99 Å². The Bertz CT molecular complexity index is 2660. The lowest BCUT2D eigenvalue weighted by atomic mass is 9.95. The van der Waals surface area contributed by atoms with Gasteiger partial charge in [-0.15, -0.1) is 0 Å². The number of hydrogen-bond donors (Lipinski definition) is 0. The fourth-order valence-electron chi connectivity index (χ4n) is 6.81. The molecule has 2 aliphatic rings. The topological polar surface area (TPSA) is 151 Å². The molecule has 1 fully saturated rings. The van der Waals surface area contributed by atoms with Crippen LogP contribution in [0.25, 0.3) is 23.0 Å². The number of aromatic nitrogens is 3. The minimum atomic E-state index is -3.65. The van der Waals surface area contributed by atoms with E-state index in [0.717, 1.165) is 36.3 Å². The van der Waals surface area contributed by atoms with Crippen molar-refractivity contribution in [3.05, 3.63) is 134 Å². The summed E-state index contributed by atoms with van der Waals surface area (Å²) in [5, 5.41) is 4.90. The lowest BCUT2D eigenvalue weighted by molar-refractivity contribution is -0.138. The van der Waals surface area contributed by atoms with E-state index in [-0.39, 0.29) is 28.6 Å². The number of carbonyl (C=O) groups excluding carboxylic acids is 2. The third-order valence-corrected chi connectivity index (χ3v) is 12.4. The number of piperidine rings is 1. The smallest absolute Gasteiger partial charge is 0.338 e. The number of allylic oxidation sites excluding steroid dienone is 1. The quantitative estimate of drug-likeness (QED) is 0.103. The Hall–Kier alpha value is -5.90. The number of nitrogens with zero attached hydrogens (tertiary/aromatic N) is 5. The van der Waals surface area contributed by atoms with Gasteiger partial charge < -0.3 is 14.2 Å². The molecule has 0 amide bonds. The molecule has 288 valence electrons. The molecule has 2 aromatic heterocycles. The van der Waals surface area contributed by atoms with E-state index >= 15 is 0 Å². The second-order valence-corrected chi connectivity index (χ2v) is 16.1. The van der Waals surface area contributed by atoms with Gasteiger partial charge in [0.1, 0.15) is 6.61 Å². The summed E-state index contributed by atoms with van der Waals surface area (Å²) in [6.07, 6.45) is 7.66. The molecule has 0 bridgehead atoms. The highest BCUT2D eigenvalue weighted by molar-refractivity contribution is 7.89. The molecule has 0 aliphatic carbocycles. The zero-order valence-electron chi connectivity index (χ0n) is 31.0. The fourth-order valence-corrected chi connectivity index (χ4v) is 9.37. The van der Waals surface area contributed by atoms with Crippen LogP contribution in [0.3, 0.4) is 0 Å². The molecule has 5 aromatic rings. The van der Waals surface area contributed by atoms with Crippen molar-refractivity contribution < 1.29 is 32.2 Å². The van der Waals surface area contributed by atoms with Crippen LogP contribution in [-0.4, -0.2) is 65.8 Å². The summed E-state index contributed by atoms with van der Waals surface area (Å²) >= 11 is 1.15. The van der Waals surface area contributed by atoms with E-state index in [1.54, 1.807) is 66.3 Å². The van der Waals surface area contributed by atoms with Gasteiger partial charge in [0, 0.05) is 37.3 Å². The molecule has 4 heterocycles. The van der Waals surface area contributed by atoms with Crippen molar-refractivity contribution in [2.45, 2.75) is 44.0 Å². The maximum atomic E-state index is 14.6. The molecule has 2 aliphatic heterocycles. The highest BCUT2D eigenvalue weighted by atomic mass is 32.2. The molecular formula is C41H39N5O8S2. The number of sulfonamides is 1. The Morgan fingerprint density at radius 2 is 1.73 bits per heavy atom. The molecular weight excluding hydrogens is 755 g/mol. The fraction of sp³-hybridized carbons (Fsp3) is 0.244. The highest BCUT2D eigenvalue weighted by Gasteiger charge is 2.34. The zero-order chi connectivity index (χ0) is 39.6. The molecule has 13 nitrogen and oxygen atoms in total. The summed E-state index contributed by atoms with van der Waals surface area (Å²) in [6.45, 7) is 7.53. The number of thiazole rings is 1. The second-order valence-electron chi connectivity index (χ2n) is 13.2. The summed E-state index contributed by atoms with van der Waals surface area (Å²) in [4.78, 5) is 45.2. The van der Waals surface area contributed by atoms with Gasteiger partial charge in [-0.2, -0.15) is 9.40 Å². The van der Waals surface area contributed by atoms with Crippen molar-refractivity contribution in [1.29, 1.82) is 0 Å². The van der Waals surface area contributed by atoms with Crippen LogP contribution in [0, 0.1) is 0 Å². The number of esters is 2. The van der Waals surface area contributed by atoms with E-state index in [0.29, 0.717) is 50.5 Å². The van der Waals surface area contributed by atoms with Gasteiger partial charge in [0.05, 0.1) is 45.2 Å². The SMILES string of the molecule is C=CCOC(=O)C1=C(C)N=c2s/c(=C\c3cn(-c4ccccc4)nc3-c3ccc(S(=O)(=O)N4CCCCC4)cc3)c(=O)n2C1c1ccc(OC(C)=O)c(OC)c1. The Balaban J connectivity index is 1.37. The number of para-hydroxylation sites is 1. The number of methoxy groups -OCH3 is 1. The first-order valence-corrected chi connectivity index (χ1v) is 20.2.